The summed E-state index contributed by atoms with van der Waals surface area (Å²) in [6.45, 7) is 13.3. The van der Waals surface area contributed by atoms with E-state index in [1.165, 1.54) is 0 Å². The van der Waals surface area contributed by atoms with Crippen molar-refractivity contribution < 1.29 is 23.0 Å². The first-order chi connectivity index (χ1) is 16.7. The second-order valence-electron chi connectivity index (χ2n) is 11.6. The van der Waals surface area contributed by atoms with E-state index in [1.807, 2.05) is 27.0 Å². The number of nitrogens with zero attached hydrogens (tertiary/aromatic N) is 2. The Morgan fingerprint density at radius 1 is 1.22 bits per heavy atom. The van der Waals surface area contributed by atoms with Crippen molar-refractivity contribution >= 4 is 5.91 Å². The Morgan fingerprint density at radius 2 is 1.89 bits per heavy atom. The summed E-state index contributed by atoms with van der Waals surface area (Å²) in [6.07, 6.45) is 3.93. The molecule has 8 heteroatoms. The number of hydrogen-bond donors (Lipinski definition) is 1. The molecule has 204 valence electrons. The van der Waals surface area contributed by atoms with Crippen molar-refractivity contribution in [1.29, 1.82) is 0 Å². The van der Waals surface area contributed by atoms with Gasteiger partial charge in [0.15, 0.2) is 0 Å². The number of piperidine rings is 1. The Kier molecular flexibility index (Phi) is 8.31. The second-order valence-corrected chi connectivity index (χ2v) is 11.6. The van der Waals surface area contributed by atoms with Crippen LogP contribution in [0.4, 0.5) is 8.78 Å². The van der Waals surface area contributed by atoms with Crippen LogP contribution in [0.25, 0.3) is 0 Å². The van der Waals surface area contributed by atoms with Crippen LogP contribution in [0.2, 0.25) is 0 Å². The molecule has 1 fully saturated rings. The maximum Gasteiger partial charge on any atom is 0.275 e. The van der Waals surface area contributed by atoms with Crippen LogP contribution in [-0.2, 0) is 14.3 Å². The third-order valence-electron chi connectivity index (χ3n) is 9.06. The van der Waals surface area contributed by atoms with E-state index in [9.17, 15) is 4.79 Å². The van der Waals surface area contributed by atoms with Gasteiger partial charge in [0, 0.05) is 43.7 Å². The zero-order valence-electron chi connectivity index (χ0n) is 23.6. The normalized spacial score (nSPS) is 29.7. The summed E-state index contributed by atoms with van der Waals surface area (Å²) in [5.74, 6) is -1.61. The standard InChI is InChI=1S/C28H45F2N3O3/c1-10-26(4,5)16-31-23-13-14-33(17-28(23,29)30)15-20-22(35-8)12-11-21(24(20)36-9)27(6)19(3)18(2)25(34)32(27)7/h12,21,23,31H,10-11,13-17H2,1-9H3/t21-,23?,27?/m1/s1. The minimum absolute atomic E-state index is 0.00832. The first-order valence-corrected chi connectivity index (χ1v) is 13.0. The van der Waals surface area contributed by atoms with E-state index in [2.05, 4.69) is 33.0 Å². The molecule has 3 aliphatic rings. The van der Waals surface area contributed by atoms with Gasteiger partial charge in [0.25, 0.3) is 5.92 Å². The minimum Gasteiger partial charge on any atom is -0.500 e. The third kappa shape index (κ3) is 5.08. The van der Waals surface area contributed by atoms with Crippen LogP contribution in [0.15, 0.2) is 34.3 Å². The van der Waals surface area contributed by atoms with Gasteiger partial charge in [-0.1, -0.05) is 20.8 Å². The van der Waals surface area contributed by atoms with Crippen molar-refractivity contribution in [2.75, 3.05) is 47.4 Å². The molecule has 0 radical (unpaired) electrons. The number of rotatable bonds is 9. The average molecular weight is 510 g/mol. The highest BCUT2D eigenvalue weighted by Crippen LogP contribution is 2.47. The van der Waals surface area contributed by atoms with E-state index in [-0.39, 0.29) is 23.8 Å². The summed E-state index contributed by atoms with van der Waals surface area (Å²) in [5, 5.41) is 3.14. The van der Waals surface area contributed by atoms with Crippen molar-refractivity contribution in [2.24, 2.45) is 11.3 Å². The monoisotopic (exact) mass is 509 g/mol. The highest BCUT2D eigenvalue weighted by atomic mass is 19.3. The zero-order chi connectivity index (χ0) is 27.1. The molecule has 2 unspecified atom stereocenters. The first kappa shape index (κ1) is 28.6. The lowest BCUT2D eigenvalue weighted by Gasteiger charge is -2.44. The fourth-order valence-electron chi connectivity index (χ4n) is 5.79. The summed E-state index contributed by atoms with van der Waals surface area (Å²) < 4.78 is 42.1. The van der Waals surface area contributed by atoms with E-state index < -0.39 is 17.5 Å². The van der Waals surface area contributed by atoms with Gasteiger partial charge in [0.2, 0.25) is 5.91 Å². The lowest BCUT2D eigenvalue weighted by atomic mass is 9.73. The van der Waals surface area contributed by atoms with Gasteiger partial charge >= 0.3 is 0 Å². The lowest BCUT2D eigenvalue weighted by molar-refractivity contribution is -0.129. The van der Waals surface area contributed by atoms with Crippen LogP contribution in [0.3, 0.4) is 0 Å². The highest BCUT2D eigenvalue weighted by molar-refractivity contribution is 5.97. The highest BCUT2D eigenvalue weighted by Gasteiger charge is 2.51. The number of halogens is 2. The van der Waals surface area contributed by atoms with E-state index in [1.54, 1.807) is 24.0 Å². The molecule has 1 N–H and O–H groups in total. The molecule has 1 saturated heterocycles. The van der Waals surface area contributed by atoms with Crippen LogP contribution >= 0.6 is 0 Å². The number of hydrogen-bond acceptors (Lipinski definition) is 5. The Hall–Kier alpha value is -1.93. The van der Waals surface area contributed by atoms with Crippen LogP contribution in [0.5, 0.6) is 0 Å². The molecule has 0 saturated carbocycles. The van der Waals surface area contributed by atoms with Crippen molar-refractivity contribution in [1.82, 2.24) is 15.1 Å². The van der Waals surface area contributed by atoms with Crippen LogP contribution in [-0.4, -0.2) is 80.7 Å². The molecule has 1 amide bonds. The number of amides is 1. The Morgan fingerprint density at radius 3 is 2.39 bits per heavy atom. The number of alkyl halides is 2. The van der Waals surface area contributed by atoms with Crippen molar-refractivity contribution in [3.8, 4) is 0 Å². The number of ether oxygens (including phenoxy) is 2. The molecular weight excluding hydrogens is 464 g/mol. The number of carbonyl (C=O) groups excluding carboxylic acids is 1. The summed E-state index contributed by atoms with van der Waals surface area (Å²) in [4.78, 5) is 16.4. The first-order valence-electron chi connectivity index (χ1n) is 13.0. The maximum absolute atomic E-state index is 15.2. The van der Waals surface area contributed by atoms with E-state index >= 15 is 8.78 Å². The molecule has 36 heavy (non-hydrogen) atoms. The number of nitrogens with one attached hydrogen (secondary N) is 1. The number of likely N-dealkylation sites (tertiary alicyclic amines) is 1. The molecule has 0 spiro atoms. The quantitative estimate of drug-likeness (QED) is 0.487. The van der Waals surface area contributed by atoms with Crippen molar-refractivity contribution in [3.63, 3.8) is 0 Å². The number of allylic oxidation sites excluding steroid dienone is 1. The van der Waals surface area contributed by atoms with Crippen LogP contribution in [0, 0.1) is 11.3 Å². The van der Waals surface area contributed by atoms with Gasteiger partial charge in [-0.25, -0.2) is 8.78 Å². The molecule has 3 rings (SSSR count). The molecule has 2 heterocycles. The minimum atomic E-state index is -2.85. The SMILES string of the molecule is CCC(C)(C)CNC1CCN(CC2=C(OC)[C@H](C3(C)C(C)=C(C)C(=O)N3C)CC=C2OC)CC1(F)F. The predicted molar refractivity (Wildman–Crippen MR) is 139 cm³/mol. The van der Waals surface area contributed by atoms with Gasteiger partial charge in [0.1, 0.15) is 11.5 Å². The van der Waals surface area contributed by atoms with Gasteiger partial charge < -0.3 is 19.7 Å². The molecular formula is C28H45F2N3O3. The van der Waals surface area contributed by atoms with E-state index in [0.29, 0.717) is 44.0 Å². The Bertz CT molecular complexity index is 956. The summed E-state index contributed by atoms with van der Waals surface area (Å²) in [6, 6.07) is -0.834. The van der Waals surface area contributed by atoms with E-state index in [0.717, 1.165) is 23.1 Å². The fourth-order valence-corrected chi connectivity index (χ4v) is 5.79. The predicted octanol–water partition coefficient (Wildman–Crippen LogP) is 4.74. The van der Waals surface area contributed by atoms with Gasteiger partial charge in [-0.3, -0.25) is 9.69 Å². The lowest BCUT2D eigenvalue weighted by Crippen LogP contribution is -2.58. The molecule has 0 aromatic heterocycles. The number of likely N-dealkylation sites (N-methyl/N-ethyl adjacent to an activating group) is 1. The van der Waals surface area contributed by atoms with Gasteiger partial charge in [-0.2, -0.15) is 0 Å². The maximum atomic E-state index is 15.2. The van der Waals surface area contributed by atoms with Gasteiger partial charge in [-0.05, 0) is 57.1 Å². The Balaban J connectivity index is 1.85. The van der Waals surface area contributed by atoms with E-state index in [4.69, 9.17) is 9.47 Å². The summed E-state index contributed by atoms with van der Waals surface area (Å²) in [7, 11) is 5.04. The third-order valence-corrected chi connectivity index (χ3v) is 9.06. The second kappa shape index (κ2) is 10.4. The molecule has 1 aliphatic carbocycles. The van der Waals surface area contributed by atoms with Crippen LogP contribution < -0.4 is 5.32 Å². The number of methoxy groups -OCH3 is 2. The topological polar surface area (TPSA) is 54.0 Å². The smallest absolute Gasteiger partial charge is 0.275 e. The molecule has 3 atom stereocenters. The molecule has 6 nitrogen and oxygen atoms in total. The number of carbonyl (C=O) groups is 1. The van der Waals surface area contributed by atoms with Crippen LogP contribution in [0.1, 0.15) is 60.8 Å². The van der Waals surface area contributed by atoms with Crippen molar-refractivity contribution in [3.05, 3.63) is 34.3 Å². The average Bonchev–Trinajstić information content (AvgIpc) is 2.98. The summed E-state index contributed by atoms with van der Waals surface area (Å²) >= 11 is 0. The zero-order valence-corrected chi connectivity index (χ0v) is 23.6. The molecule has 0 aromatic rings. The van der Waals surface area contributed by atoms with Gasteiger partial charge in [-0.15, -0.1) is 0 Å². The van der Waals surface area contributed by atoms with Gasteiger partial charge in [0.05, 0.1) is 32.3 Å². The fraction of sp³-hybridized carbons (Fsp3) is 0.750. The molecule has 2 aliphatic heterocycles. The summed E-state index contributed by atoms with van der Waals surface area (Å²) in [5.41, 5.74) is 1.96. The largest absolute Gasteiger partial charge is 0.500 e. The Labute approximate surface area is 215 Å². The molecule has 0 bridgehead atoms. The van der Waals surface area contributed by atoms with Crippen molar-refractivity contribution in [2.45, 2.75) is 78.3 Å². The molecule has 0 aromatic carbocycles.